The topological polar surface area (TPSA) is 40.6 Å². The van der Waals surface area contributed by atoms with Crippen molar-refractivity contribution in [1.82, 2.24) is 4.98 Å². The Balaban J connectivity index is 1.48. The van der Waals surface area contributed by atoms with Crippen LogP contribution < -0.4 is 10.2 Å². The number of ether oxygens (including phenoxy) is 1. The van der Waals surface area contributed by atoms with Crippen molar-refractivity contribution in [2.24, 2.45) is 0 Å². The second-order valence-electron chi connectivity index (χ2n) is 7.98. The van der Waals surface area contributed by atoms with E-state index in [-0.39, 0.29) is 18.3 Å². The van der Waals surface area contributed by atoms with E-state index in [0.29, 0.717) is 6.61 Å². The molecule has 1 fully saturated rings. The number of hydrogen-bond donors (Lipinski definition) is 0. The Morgan fingerprint density at radius 2 is 1.70 bits per heavy atom. The Labute approximate surface area is 160 Å². The number of nitrogens with zero attached hydrogens (tertiary/aromatic N) is 1. The third kappa shape index (κ3) is 3.57. The highest BCUT2D eigenvalue weighted by Gasteiger charge is 2.51. The minimum atomic E-state index is -0.384. The second kappa shape index (κ2) is 6.66. The average molecular weight is 361 g/mol. The van der Waals surface area contributed by atoms with Crippen LogP contribution in [0.2, 0.25) is 0 Å². The minimum Gasteiger partial charge on any atom is -0.489 e. The van der Waals surface area contributed by atoms with Crippen molar-refractivity contribution in [2.75, 3.05) is 0 Å². The van der Waals surface area contributed by atoms with Crippen LogP contribution in [0.15, 0.2) is 60.8 Å². The molecule has 0 aliphatic carbocycles. The van der Waals surface area contributed by atoms with Gasteiger partial charge in [0.2, 0.25) is 0 Å². The van der Waals surface area contributed by atoms with Crippen LogP contribution in [0.25, 0.3) is 10.9 Å². The smallest absolute Gasteiger partial charge is 0.489 e. The van der Waals surface area contributed by atoms with Crippen molar-refractivity contribution in [3.8, 4) is 5.75 Å². The zero-order valence-electron chi connectivity index (χ0n) is 16.2. The van der Waals surface area contributed by atoms with Gasteiger partial charge in [-0.1, -0.05) is 24.3 Å². The monoisotopic (exact) mass is 361 g/mol. The second-order valence-corrected chi connectivity index (χ2v) is 7.98. The van der Waals surface area contributed by atoms with E-state index in [2.05, 4.69) is 44.8 Å². The van der Waals surface area contributed by atoms with E-state index in [4.69, 9.17) is 14.0 Å². The molecule has 0 saturated carbocycles. The van der Waals surface area contributed by atoms with Gasteiger partial charge in [-0.15, -0.1) is 0 Å². The van der Waals surface area contributed by atoms with Crippen molar-refractivity contribution < 1.29 is 14.0 Å². The molecule has 1 saturated heterocycles. The third-order valence-electron chi connectivity index (χ3n) is 5.46. The summed E-state index contributed by atoms with van der Waals surface area (Å²) < 4.78 is 18.3. The molecule has 1 aliphatic rings. The summed E-state index contributed by atoms with van der Waals surface area (Å²) in [6.07, 6.45) is 1.81. The third-order valence-corrected chi connectivity index (χ3v) is 5.46. The van der Waals surface area contributed by atoms with E-state index in [0.717, 1.165) is 27.7 Å². The van der Waals surface area contributed by atoms with E-state index >= 15 is 0 Å². The molecule has 0 spiro atoms. The number of pyridine rings is 1. The maximum atomic E-state index is 6.13. The Morgan fingerprint density at radius 1 is 0.926 bits per heavy atom. The van der Waals surface area contributed by atoms with E-state index < -0.39 is 0 Å². The van der Waals surface area contributed by atoms with Gasteiger partial charge in [-0.05, 0) is 69.1 Å². The van der Waals surface area contributed by atoms with Gasteiger partial charge in [-0.2, -0.15) is 0 Å². The van der Waals surface area contributed by atoms with Crippen LogP contribution in [0.5, 0.6) is 5.75 Å². The molecule has 0 bridgehead atoms. The lowest BCUT2D eigenvalue weighted by atomic mass is 9.79. The molecule has 0 unspecified atom stereocenters. The molecule has 5 heteroatoms. The molecule has 2 aromatic carbocycles. The van der Waals surface area contributed by atoms with Gasteiger partial charge in [-0.25, -0.2) is 0 Å². The number of fused-ring (bicyclic) bond motifs is 1. The Morgan fingerprint density at radius 3 is 2.48 bits per heavy atom. The molecule has 0 radical (unpaired) electrons. The van der Waals surface area contributed by atoms with Crippen molar-refractivity contribution in [3.63, 3.8) is 0 Å². The lowest BCUT2D eigenvalue weighted by Crippen LogP contribution is -2.41. The maximum Gasteiger partial charge on any atom is 0.494 e. The van der Waals surface area contributed by atoms with Crippen molar-refractivity contribution in [1.29, 1.82) is 0 Å². The SMILES string of the molecule is CC1(C)OB(c2cccc(OCc3ccc4ncccc4c3)c2)OC1(C)C. The molecule has 4 rings (SSSR count). The minimum absolute atomic E-state index is 0.354. The zero-order chi connectivity index (χ0) is 19.1. The number of aromatic nitrogens is 1. The van der Waals surface area contributed by atoms with Crippen LogP contribution in [-0.2, 0) is 15.9 Å². The lowest BCUT2D eigenvalue weighted by molar-refractivity contribution is 0.00578. The van der Waals surface area contributed by atoms with Crippen LogP contribution in [0.4, 0.5) is 0 Å². The highest BCUT2D eigenvalue weighted by Crippen LogP contribution is 2.36. The normalized spacial score (nSPS) is 18.0. The Bertz CT molecular complexity index is 954. The quantitative estimate of drug-likeness (QED) is 0.656. The highest BCUT2D eigenvalue weighted by molar-refractivity contribution is 6.62. The molecule has 27 heavy (non-hydrogen) atoms. The van der Waals surface area contributed by atoms with Gasteiger partial charge < -0.3 is 14.0 Å². The Kier molecular flexibility index (Phi) is 4.45. The van der Waals surface area contributed by atoms with E-state index in [1.807, 2.05) is 42.5 Å². The summed E-state index contributed by atoms with van der Waals surface area (Å²) in [5.41, 5.74) is 2.36. The van der Waals surface area contributed by atoms with Crippen LogP contribution in [0.1, 0.15) is 33.3 Å². The maximum absolute atomic E-state index is 6.13. The number of hydrogen-bond acceptors (Lipinski definition) is 4. The molecule has 4 nitrogen and oxygen atoms in total. The molecule has 138 valence electrons. The van der Waals surface area contributed by atoms with Crippen LogP contribution in [-0.4, -0.2) is 23.3 Å². The van der Waals surface area contributed by atoms with Gasteiger partial charge in [0.25, 0.3) is 0 Å². The molecule has 1 aliphatic heterocycles. The largest absolute Gasteiger partial charge is 0.494 e. The molecule has 0 atom stereocenters. The molecule has 0 amide bonds. The van der Waals surface area contributed by atoms with Crippen LogP contribution in [0.3, 0.4) is 0 Å². The lowest BCUT2D eigenvalue weighted by Gasteiger charge is -2.32. The first-order valence-corrected chi connectivity index (χ1v) is 9.26. The number of rotatable bonds is 4. The summed E-state index contributed by atoms with van der Waals surface area (Å²) in [6.45, 7) is 8.73. The summed E-state index contributed by atoms with van der Waals surface area (Å²) in [4.78, 5) is 4.35. The molecular formula is C22H24BNO3. The van der Waals surface area contributed by atoms with E-state index in [1.54, 1.807) is 6.20 Å². The average Bonchev–Trinajstić information content (AvgIpc) is 2.87. The van der Waals surface area contributed by atoms with Crippen LogP contribution in [0, 0.1) is 0 Å². The predicted octanol–water partition coefficient (Wildman–Crippen LogP) is 4.11. The van der Waals surface area contributed by atoms with Crippen molar-refractivity contribution >= 4 is 23.5 Å². The van der Waals surface area contributed by atoms with Crippen LogP contribution >= 0.6 is 0 Å². The van der Waals surface area contributed by atoms with Crippen molar-refractivity contribution in [3.05, 3.63) is 66.4 Å². The molecular weight excluding hydrogens is 337 g/mol. The highest BCUT2D eigenvalue weighted by atomic mass is 16.7. The van der Waals surface area contributed by atoms with Gasteiger partial charge in [-0.3, -0.25) is 4.98 Å². The van der Waals surface area contributed by atoms with Gasteiger partial charge in [0, 0.05) is 11.6 Å². The number of benzene rings is 2. The first-order valence-electron chi connectivity index (χ1n) is 9.26. The van der Waals surface area contributed by atoms with E-state index in [9.17, 15) is 0 Å². The first kappa shape index (κ1) is 18.0. The predicted molar refractivity (Wildman–Crippen MR) is 108 cm³/mol. The summed E-state index contributed by atoms with van der Waals surface area (Å²) in [7, 11) is -0.384. The fourth-order valence-corrected chi connectivity index (χ4v) is 3.11. The molecule has 1 aromatic heterocycles. The first-order chi connectivity index (χ1) is 12.8. The fraction of sp³-hybridized carbons (Fsp3) is 0.318. The van der Waals surface area contributed by atoms with Gasteiger partial charge in [0.15, 0.2) is 0 Å². The summed E-state index contributed by atoms with van der Waals surface area (Å²) in [5.74, 6) is 0.800. The summed E-state index contributed by atoms with van der Waals surface area (Å²) >= 11 is 0. The standard InChI is InChI=1S/C22H24BNO3/c1-21(2)22(3,4)27-23(26-21)18-8-5-9-19(14-18)25-15-16-10-11-20-17(13-16)7-6-12-24-20/h5-14H,15H2,1-4H3. The molecule has 2 heterocycles. The fourth-order valence-electron chi connectivity index (χ4n) is 3.11. The van der Waals surface area contributed by atoms with E-state index in [1.165, 1.54) is 0 Å². The molecule has 0 N–H and O–H groups in total. The van der Waals surface area contributed by atoms with Gasteiger partial charge >= 0.3 is 7.12 Å². The van der Waals surface area contributed by atoms with Gasteiger partial charge in [0.1, 0.15) is 12.4 Å². The Hall–Kier alpha value is -2.37. The summed E-state index contributed by atoms with van der Waals surface area (Å²) in [6, 6.07) is 18.1. The molecule has 3 aromatic rings. The van der Waals surface area contributed by atoms with Crippen molar-refractivity contribution in [2.45, 2.75) is 45.5 Å². The summed E-state index contributed by atoms with van der Waals surface area (Å²) in [5, 5.41) is 1.12. The van der Waals surface area contributed by atoms with Gasteiger partial charge in [0.05, 0.1) is 16.7 Å². The zero-order valence-corrected chi connectivity index (χ0v) is 16.2.